The molecule has 0 spiro atoms. The number of rotatable bonds is 6. The predicted octanol–water partition coefficient (Wildman–Crippen LogP) is 0.544. The Balaban J connectivity index is 2.52. The summed E-state index contributed by atoms with van der Waals surface area (Å²) in [7, 11) is 1.85. The van der Waals surface area contributed by atoms with Crippen LogP contribution in [0.1, 0.15) is 19.8 Å². The van der Waals surface area contributed by atoms with Crippen LogP contribution in [0.4, 0.5) is 4.79 Å². The van der Waals surface area contributed by atoms with Gasteiger partial charge in [-0.2, -0.15) is 0 Å². The molecule has 1 heterocycles. The summed E-state index contributed by atoms with van der Waals surface area (Å²) >= 11 is 1.53. The smallest absolute Gasteiger partial charge is 0.327 e. The molecule has 2 unspecified atom stereocenters. The number of hydrogen-bond acceptors (Lipinski definition) is 4. The van der Waals surface area contributed by atoms with Gasteiger partial charge in [0.05, 0.1) is 5.37 Å². The van der Waals surface area contributed by atoms with E-state index in [-0.39, 0.29) is 11.4 Å². The topological polar surface area (TPSA) is 81.7 Å². The van der Waals surface area contributed by atoms with Crippen LogP contribution in [0.2, 0.25) is 0 Å². The maximum atomic E-state index is 12.0. The summed E-state index contributed by atoms with van der Waals surface area (Å²) in [4.78, 5) is 24.6. The number of carbonyl (C=O) groups is 2. The zero-order valence-corrected chi connectivity index (χ0v) is 11.6. The SMILES string of the molecule is CCC1SCC(C(=O)O)N1C(=O)NCCCNC. The summed E-state index contributed by atoms with van der Waals surface area (Å²) in [5.41, 5.74) is 0. The van der Waals surface area contributed by atoms with E-state index < -0.39 is 12.0 Å². The van der Waals surface area contributed by atoms with Gasteiger partial charge in [0.25, 0.3) is 0 Å². The second-order valence-electron chi connectivity index (χ2n) is 4.15. The summed E-state index contributed by atoms with van der Waals surface area (Å²) in [5, 5.41) is 14.9. The van der Waals surface area contributed by atoms with Crippen LogP contribution in [0.5, 0.6) is 0 Å². The fourth-order valence-corrected chi connectivity index (χ4v) is 3.24. The highest BCUT2D eigenvalue weighted by Crippen LogP contribution is 2.31. The summed E-state index contributed by atoms with van der Waals surface area (Å²) in [6.07, 6.45) is 1.59. The standard InChI is InChI=1S/C11H21N3O3S/c1-3-9-14(8(7-18-9)10(15)16)11(17)13-6-4-5-12-2/h8-9,12H,3-7H2,1-2H3,(H,13,17)(H,15,16). The zero-order valence-electron chi connectivity index (χ0n) is 10.8. The molecule has 1 saturated heterocycles. The molecule has 7 heteroatoms. The molecule has 1 aliphatic rings. The number of hydrogen-bond donors (Lipinski definition) is 3. The molecule has 0 saturated carbocycles. The van der Waals surface area contributed by atoms with E-state index in [1.165, 1.54) is 16.7 Å². The van der Waals surface area contributed by atoms with Gasteiger partial charge in [0, 0.05) is 12.3 Å². The third kappa shape index (κ3) is 3.78. The molecule has 0 radical (unpaired) electrons. The highest BCUT2D eigenvalue weighted by molar-refractivity contribution is 8.00. The number of nitrogens with one attached hydrogen (secondary N) is 2. The first-order valence-corrected chi connectivity index (χ1v) is 7.21. The molecule has 6 nitrogen and oxygen atoms in total. The molecule has 2 amide bonds. The minimum Gasteiger partial charge on any atom is -0.480 e. The number of carboxylic acids is 1. The molecule has 1 aliphatic heterocycles. The van der Waals surface area contributed by atoms with Crippen molar-refractivity contribution in [3.8, 4) is 0 Å². The second kappa shape index (κ2) is 7.48. The van der Waals surface area contributed by atoms with Crippen molar-refractivity contribution in [2.75, 3.05) is 25.9 Å². The average molecular weight is 275 g/mol. The van der Waals surface area contributed by atoms with Crippen molar-refractivity contribution < 1.29 is 14.7 Å². The summed E-state index contributed by atoms with van der Waals surface area (Å²) in [5.74, 6) is -0.457. The molecule has 3 N–H and O–H groups in total. The van der Waals surface area contributed by atoms with Crippen LogP contribution in [0.15, 0.2) is 0 Å². The molecule has 18 heavy (non-hydrogen) atoms. The number of carboxylic acid groups (broad SMARTS) is 1. The fourth-order valence-electron chi connectivity index (χ4n) is 1.89. The molecule has 0 aromatic carbocycles. The van der Waals surface area contributed by atoms with Gasteiger partial charge in [-0.25, -0.2) is 9.59 Å². The van der Waals surface area contributed by atoms with Gasteiger partial charge in [0.15, 0.2) is 0 Å². The number of thioether (sulfide) groups is 1. The third-order valence-corrected chi connectivity index (χ3v) is 4.29. The third-order valence-electron chi connectivity index (χ3n) is 2.84. The molecular weight excluding hydrogens is 254 g/mol. The van der Waals surface area contributed by atoms with Crippen LogP contribution in [0.25, 0.3) is 0 Å². The Morgan fingerprint density at radius 1 is 1.44 bits per heavy atom. The lowest BCUT2D eigenvalue weighted by atomic mass is 10.3. The monoisotopic (exact) mass is 275 g/mol. The van der Waals surface area contributed by atoms with Crippen LogP contribution in [-0.4, -0.2) is 59.3 Å². The Hall–Kier alpha value is -0.950. The molecule has 104 valence electrons. The van der Waals surface area contributed by atoms with Crippen molar-refractivity contribution in [2.24, 2.45) is 0 Å². The lowest BCUT2D eigenvalue weighted by molar-refractivity contribution is -0.141. The van der Waals surface area contributed by atoms with E-state index in [1.54, 1.807) is 0 Å². The van der Waals surface area contributed by atoms with Crippen LogP contribution >= 0.6 is 11.8 Å². The van der Waals surface area contributed by atoms with Crippen molar-refractivity contribution in [3.63, 3.8) is 0 Å². The molecule has 1 rings (SSSR count). The summed E-state index contributed by atoms with van der Waals surface area (Å²) < 4.78 is 0. The van der Waals surface area contributed by atoms with Crippen LogP contribution < -0.4 is 10.6 Å². The normalized spacial score (nSPS) is 23.1. The maximum Gasteiger partial charge on any atom is 0.327 e. The Morgan fingerprint density at radius 2 is 2.17 bits per heavy atom. The molecular formula is C11H21N3O3S. The largest absolute Gasteiger partial charge is 0.480 e. The molecule has 1 fully saturated rings. The number of aliphatic carboxylic acids is 1. The van der Waals surface area contributed by atoms with Gasteiger partial charge in [-0.3, -0.25) is 4.90 Å². The Bertz CT molecular complexity index is 301. The molecule has 0 aliphatic carbocycles. The van der Waals surface area contributed by atoms with E-state index >= 15 is 0 Å². The first-order valence-electron chi connectivity index (χ1n) is 6.17. The molecule has 2 atom stereocenters. The Labute approximate surface area is 111 Å². The predicted molar refractivity (Wildman–Crippen MR) is 71.7 cm³/mol. The quantitative estimate of drug-likeness (QED) is 0.617. The minimum absolute atomic E-state index is 0.0320. The van der Waals surface area contributed by atoms with Gasteiger partial charge < -0.3 is 15.7 Å². The van der Waals surface area contributed by atoms with Gasteiger partial charge >= 0.3 is 12.0 Å². The second-order valence-corrected chi connectivity index (χ2v) is 5.36. The van der Waals surface area contributed by atoms with Crippen LogP contribution in [0.3, 0.4) is 0 Å². The number of urea groups is 1. The average Bonchev–Trinajstić information content (AvgIpc) is 2.78. The number of carbonyl (C=O) groups excluding carboxylic acids is 1. The fraction of sp³-hybridized carbons (Fsp3) is 0.818. The van der Waals surface area contributed by atoms with Crippen molar-refractivity contribution in [1.82, 2.24) is 15.5 Å². The lowest BCUT2D eigenvalue weighted by Gasteiger charge is -2.26. The number of nitrogens with zero attached hydrogens (tertiary/aromatic N) is 1. The van der Waals surface area contributed by atoms with Crippen molar-refractivity contribution in [3.05, 3.63) is 0 Å². The minimum atomic E-state index is -0.927. The van der Waals surface area contributed by atoms with Gasteiger partial charge in [-0.1, -0.05) is 6.92 Å². The molecule has 0 aromatic rings. The Morgan fingerprint density at radius 3 is 2.72 bits per heavy atom. The van der Waals surface area contributed by atoms with Crippen LogP contribution in [0, 0.1) is 0 Å². The van der Waals surface area contributed by atoms with E-state index in [0.717, 1.165) is 19.4 Å². The first-order chi connectivity index (χ1) is 8.61. The van der Waals surface area contributed by atoms with Crippen molar-refractivity contribution in [2.45, 2.75) is 31.2 Å². The van der Waals surface area contributed by atoms with Gasteiger partial charge in [-0.15, -0.1) is 11.8 Å². The zero-order chi connectivity index (χ0) is 13.5. The van der Waals surface area contributed by atoms with Crippen molar-refractivity contribution >= 4 is 23.8 Å². The van der Waals surface area contributed by atoms with Crippen molar-refractivity contribution in [1.29, 1.82) is 0 Å². The lowest BCUT2D eigenvalue weighted by Crippen LogP contribution is -2.50. The van der Waals surface area contributed by atoms with E-state index in [1.807, 2.05) is 14.0 Å². The Kier molecular flexibility index (Phi) is 6.28. The summed E-state index contributed by atoms with van der Waals surface area (Å²) in [6.45, 7) is 3.35. The molecule has 0 bridgehead atoms. The van der Waals surface area contributed by atoms with Gasteiger partial charge in [0.1, 0.15) is 6.04 Å². The number of amides is 2. The maximum absolute atomic E-state index is 12.0. The highest BCUT2D eigenvalue weighted by atomic mass is 32.2. The van der Waals surface area contributed by atoms with Gasteiger partial charge in [-0.05, 0) is 26.4 Å². The first kappa shape index (κ1) is 15.1. The van der Waals surface area contributed by atoms with Gasteiger partial charge in [0.2, 0.25) is 0 Å². The summed E-state index contributed by atoms with van der Waals surface area (Å²) in [6, 6.07) is -0.973. The van der Waals surface area contributed by atoms with E-state index in [0.29, 0.717) is 12.3 Å². The van der Waals surface area contributed by atoms with E-state index in [9.17, 15) is 9.59 Å². The van der Waals surface area contributed by atoms with E-state index in [2.05, 4.69) is 10.6 Å². The molecule has 0 aromatic heterocycles. The highest BCUT2D eigenvalue weighted by Gasteiger charge is 2.40. The van der Waals surface area contributed by atoms with E-state index in [4.69, 9.17) is 5.11 Å². The van der Waals surface area contributed by atoms with Crippen LogP contribution in [-0.2, 0) is 4.79 Å².